The van der Waals surface area contributed by atoms with Crippen molar-refractivity contribution in [2.24, 2.45) is 4.99 Å². The molecule has 9 nitrogen and oxygen atoms in total. The molecule has 0 unspecified atom stereocenters. The highest BCUT2D eigenvalue weighted by atomic mass is 32.2. The minimum atomic E-state index is -4.24. The SMILES string of the molecule is O=S(=O)(O)c1ccc(-c2ccc(C3=Nc4cc5nc(-c6ccc(-c7ccc(S(=O)(=O)O)cc7)cc6)[nH]c5cc4C3)cc2)cc1. The molecule has 2 heterocycles. The Morgan fingerprint density at radius 2 is 1.00 bits per heavy atom. The normalized spacial score (nSPS) is 13.2. The molecule has 0 atom stereocenters. The van der Waals surface area contributed by atoms with E-state index in [9.17, 15) is 25.9 Å². The van der Waals surface area contributed by atoms with Crippen molar-refractivity contribution in [1.29, 1.82) is 0 Å². The van der Waals surface area contributed by atoms with Gasteiger partial charge < -0.3 is 4.98 Å². The van der Waals surface area contributed by atoms with Crippen molar-refractivity contribution in [2.75, 3.05) is 0 Å². The van der Waals surface area contributed by atoms with Crippen molar-refractivity contribution in [3.8, 4) is 33.6 Å². The number of nitrogens with zero attached hydrogens (tertiary/aromatic N) is 2. The molecule has 0 saturated heterocycles. The van der Waals surface area contributed by atoms with Crippen LogP contribution in [0.1, 0.15) is 11.1 Å². The zero-order valence-corrected chi connectivity index (χ0v) is 24.5. The van der Waals surface area contributed by atoms with E-state index in [4.69, 9.17) is 9.98 Å². The summed E-state index contributed by atoms with van der Waals surface area (Å²) in [5.41, 5.74) is 9.98. The summed E-state index contributed by atoms with van der Waals surface area (Å²) < 4.78 is 63.6. The molecule has 0 amide bonds. The van der Waals surface area contributed by atoms with Gasteiger partial charge in [-0.2, -0.15) is 16.8 Å². The lowest BCUT2D eigenvalue weighted by Gasteiger charge is -2.05. The van der Waals surface area contributed by atoms with Crippen LogP contribution in [0.2, 0.25) is 0 Å². The second kappa shape index (κ2) is 10.4. The molecule has 0 aliphatic carbocycles. The zero-order chi connectivity index (χ0) is 30.6. The highest BCUT2D eigenvalue weighted by Crippen LogP contribution is 2.34. The lowest BCUT2D eigenvalue weighted by Crippen LogP contribution is -2.00. The first-order chi connectivity index (χ1) is 21.0. The Morgan fingerprint density at radius 1 is 0.568 bits per heavy atom. The number of hydrogen-bond donors (Lipinski definition) is 3. The first-order valence-electron chi connectivity index (χ1n) is 13.5. The van der Waals surface area contributed by atoms with Gasteiger partial charge >= 0.3 is 0 Å². The van der Waals surface area contributed by atoms with E-state index < -0.39 is 20.2 Å². The molecule has 44 heavy (non-hydrogen) atoms. The lowest BCUT2D eigenvalue weighted by molar-refractivity contribution is 0.481. The number of rotatable bonds is 6. The van der Waals surface area contributed by atoms with Crippen molar-refractivity contribution in [3.05, 3.63) is 120 Å². The highest BCUT2D eigenvalue weighted by molar-refractivity contribution is 7.86. The molecule has 1 aliphatic rings. The van der Waals surface area contributed by atoms with Gasteiger partial charge in [0.05, 0.1) is 32.2 Å². The monoisotopic (exact) mass is 621 g/mol. The van der Waals surface area contributed by atoms with Crippen LogP contribution in [0, 0.1) is 0 Å². The summed E-state index contributed by atoms with van der Waals surface area (Å²) in [5, 5.41) is 0. The summed E-state index contributed by atoms with van der Waals surface area (Å²) in [7, 11) is -8.47. The fourth-order valence-electron chi connectivity index (χ4n) is 5.32. The maximum absolute atomic E-state index is 11.3. The average molecular weight is 622 g/mol. The van der Waals surface area contributed by atoms with Crippen LogP contribution in [0.4, 0.5) is 5.69 Å². The smallest absolute Gasteiger partial charge is 0.294 e. The predicted octanol–water partition coefficient (Wildman–Crippen LogP) is 6.73. The van der Waals surface area contributed by atoms with Gasteiger partial charge in [0.1, 0.15) is 5.82 Å². The van der Waals surface area contributed by atoms with Crippen molar-refractivity contribution in [1.82, 2.24) is 9.97 Å². The van der Waals surface area contributed by atoms with E-state index in [0.717, 1.165) is 67.2 Å². The largest absolute Gasteiger partial charge is 0.338 e. The Labute approximate surface area is 253 Å². The molecule has 0 bridgehead atoms. The van der Waals surface area contributed by atoms with Gasteiger partial charge in [-0.15, -0.1) is 0 Å². The molecule has 7 rings (SSSR count). The molecule has 6 aromatic rings. The van der Waals surface area contributed by atoms with Crippen LogP contribution in [0.25, 0.3) is 44.7 Å². The molecule has 218 valence electrons. The standard InChI is InChI=1S/C33H23N3O6S2/c37-43(38,39)27-13-9-22(10-14-27)20-1-5-24(6-2-20)29-17-26-18-31-32(19-30(26)34-29)36-33(35-31)25-7-3-21(4-8-25)23-11-15-28(16-12-23)44(40,41)42/h1-16,18-19H,17H2,(H,35,36)(H,37,38,39)(H,40,41,42). The van der Waals surface area contributed by atoms with Crippen molar-refractivity contribution < 1.29 is 25.9 Å². The summed E-state index contributed by atoms with van der Waals surface area (Å²) in [6.07, 6.45) is 0.674. The van der Waals surface area contributed by atoms with Crippen molar-refractivity contribution in [3.63, 3.8) is 0 Å². The lowest BCUT2D eigenvalue weighted by atomic mass is 10.00. The van der Waals surface area contributed by atoms with E-state index in [2.05, 4.69) is 11.1 Å². The van der Waals surface area contributed by atoms with Crippen LogP contribution in [0.15, 0.2) is 124 Å². The molecular weight excluding hydrogens is 599 g/mol. The summed E-state index contributed by atoms with van der Waals surface area (Å²) in [4.78, 5) is 12.8. The third-order valence-electron chi connectivity index (χ3n) is 7.64. The van der Waals surface area contributed by atoms with E-state index in [1.165, 1.54) is 24.3 Å². The van der Waals surface area contributed by atoms with E-state index in [1.54, 1.807) is 24.3 Å². The topological polar surface area (TPSA) is 150 Å². The van der Waals surface area contributed by atoms with Gasteiger partial charge in [-0.1, -0.05) is 72.8 Å². The number of imidazole rings is 1. The van der Waals surface area contributed by atoms with Crippen LogP contribution in [-0.4, -0.2) is 41.6 Å². The van der Waals surface area contributed by atoms with E-state index in [0.29, 0.717) is 6.42 Å². The Morgan fingerprint density at radius 3 is 1.48 bits per heavy atom. The molecule has 1 aromatic heterocycles. The molecule has 0 saturated carbocycles. The van der Waals surface area contributed by atoms with Crippen LogP contribution in [0.5, 0.6) is 0 Å². The summed E-state index contributed by atoms with van der Waals surface area (Å²) >= 11 is 0. The molecular formula is C33H23N3O6S2. The third-order valence-corrected chi connectivity index (χ3v) is 9.38. The van der Waals surface area contributed by atoms with E-state index >= 15 is 0 Å². The Hall–Kier alpha value is -4.94. The minimum absolute atomic E-state index is 0.143. The van der Waals surface area contributed by atoms with Gasteiger partial charge in [-0.3, -0.25) is 14.1 Å². The first kappa shape index (κ1) is 27.9. The minimum Gasteiger partial charge on any atom is -0.338 e. The van der Waals surface area contributed by atoms with Gasteiger partial charge in [0.2, 0.25) is 0 Å². The molecule has 0 spiro atoms. The average Bonchev–Trinajstić information content (AvgIpc) is 3.63. The maximum Gasteiger partial charge on any atom is 0.294 e. The summed E-state index contributed by atoms with van der Waals surface area (Å²) in [6.45, 7) is 0. The number of aromatic nitrogens is 2. The van der Waals surface area contributed by atoms with Crippen LogP contribution >= 0.6 is 0 Å². The molecule has 5 aromatic carbocycles. The van der Waals surface area contributed by atoms with Crippen LogP contribution in [0.3, 0.4) is 0 Å². The van der Waals surface area contributed by atoms with Crippen LogP contribution in [-0.2, 0) is 26.7 Å². The number of aromatic amines is 1. The molecule has 3 N–H and O–H groups in total. The molecule has 1 aliphatic heterocycles. The van der Waals surface area contributed by atoms with Crippen LogP contribution < -0.4 is 0 Å². The number of benzene rings is 5. The van der Waals surface area contributed by atoms with Crippen molar-refractivity contribution >= 4 is 42.7 Å². The first-order valence-corrected chi connectivity index (χ1v) is 16.4. The van der Waals surface area contributed by atoms with Gasteiger partial charge in [0.25, 0.3) is 20.2 Å². The van der Waals surface area contributed by atoms with Gasteiger partial charge in [-0.25, -0.2) is 4.98 Å². The fourth-order valence-corrected chi connectivity index (χ4v) is 6.28. The Bertz CT molecular complexity index is 2310. The molecule has 11 heteroatoms. The van der Waals surface area contributed by atoms with E-state index in [1.807, 2.05) is 54.6 Å². The zero-order valence-electron chi connectivity index (χ0n) is 22.8. The summed E-state index contributed by atoms with van der Waals surface area (Å²) in [6, 6.07) is 31.8. The number of aliphatic imine (C=N–C) groups is 1. The third kappa shape index (κ3) is 5.33. The fraction of sp³-hybridized carbons (Fsp3) is 0.0303. The Balaban J connectivity index is 1.09. The predicted molar refractivity (Wildman–Crippen MR) is 168 cm³/mol. The number of H-pyrrole nitrogens is 1. The second-order valence-corrected chi connectivity index (χ2v) is 13.3. The summed E-state index contributed by atoms with van der Waals surface area (Å²) in [5.74, 6) is 0.723. The number of fused-ring (bicyclic) bond motifs is 2. The molecule has 0 fully saturated rings. The van der Waals surface area contributed by atoms with Gasteiger partial charge in [0, 0.05) is 12.0 Å². The van der Waals surface area contributed by atoms with E-state index in [-0.39, 0.29) is 9.79 Å². The second-order valence-electron chi connectivity index (χ2n) is 10.5. The molecule has 0 radical (unpaired) electrons. The maximum atomic E-state index is 11.3. The quantitative estimate of drug-likeness (QED) is 0.174. The van der Waals surface area contributed by atoms with Gasteiger partial charge in [0.15, 0.2) is 0 Å². The number of nitrogens with one attached hydrogen (secondary N) is 1. The van der Waals surface area contributed by atoms with Gasteiger partial charge in [-0.05, 0) is 69.8 Å². The van der Waals surface area contributed by atoms with Crippen molar-refractivity contribution in [2.45, 2.75) is 16.2 Å². The highest BCUT2D eigenvalue weighted by Gasteiger charge is 2.19. The Kier molecular flexibility index (Phi) is 6.56. The number of hydrogen-bond acceptors (Lipinski definition) is 6.